The number of ether oxygens (including phenoxy) is 1. The predicted octanol–water partition coefficient (Wildman–Crippen LogP) is 0.871. The summed E-state index contributed by atoms with van der Waals surface area (Å²) in [5, 5.41) is 0. The molecule has 2 saturated heterocycles. The highest BCUT2D eigenvalue weighted by atomic mass is 16.5. The molecule has 0 radical (unpaired) electrons. The molecule has 0 bridgehead atoms. The van der Waals surface area contributed by atoms with E-state index in [1.807, 2.05) is 0 Å². The Morgan fingerprint density at radius 2 is 1.80 bits per heavy atom. The normalized spacial score (nSPS) is 30.0. The van der Waals surface area contributed by atoms with Gasteiger partial charge in [-0.15, -0.1) is 0 Å². The Kier molecular flexibility index (Phi) is 1.91. The second-order valence-electron chi connectivity index (χ2n) is 3.23. The van der Waals surface area contributed by atoms with Gasteiger partial charge in [-0.25, -0.2) is 0 Å². The van der Waals surface area contributed by atoms with Crippen LogP contribution in [-0.4, -0.2) is 37.2 Å². The van der Waals surface area contributed by atoms with Gasteiger partial charge in [0.05, 0.1) is 0 Å². The van der Waals surface area contributed by atoms with Crippen LogP contribution in [0.3, 0.4) is 0 Å². The van der Waals surface area contributed by atoms with Gasteiger partial charge in [0.25, 0.3) is 0 Å². The van der Waals surface area contributed by atoms with E-state index in [4.69, 9.17) is 4.74 Å². The molecule has 2 nitrogen and oxygen atoms in total. The molecule has 0 atom stereocenters. The molecule has 0 N–H and O–H groups in total. The molecule has 0 aliphatic carbocycles. The fourth-order valence-electron chi connectivity index (χ4n) is 1.76. The first kappa shape index (κ1) is 6.62. The fraction of sp³-hybridized carbons (Fsp3) is 1.00. The molecule has 0 aromatic carbocycles. The van der Waals surface area contributed by atoms with Crippen molar-refractivity contribution < 1.29 is 4.74 Å². The summed E-state index contributed by atoms with van der Waals surface area (Å²) in [5.74, 6) is 0. The SMILES string of the molecule is C1CN(C2CCOCC2)C1. The first-order valence-corrected chi connectivity index (χ1v) is 4.28. The van der Waals surface area contributed by atoms with E-state index in [2.05, 4.69) is 4.90 Å². The smallest absolute Gasteiger partial charge is 0.0480 e. The summed E-state index contributed by atoms with van der Waals surface area (Å²) in [5.41, 5.74) is 0. The highest BCUT2D eigenvalue weighted by molar-refractivity contribution is 4.79. The maximum Gasteiger partial charge on any atom is 0.0480 e. The van der Waals surface area contributed by atoms with Gasteiger partial charge >= 0.3 is 0 Å². The van der Waals surface area contributed by atoms with Crippen LogP contribution in [-0.2, 0) is 4.74 Å². The molecule has 58 valence electrons. The number of likely N-dealkylation sites (tertiary alicyclic amines) is 1. The van der Waals surface area contributed by atoms with Crippen LogP contribution in [0.15, 0.2) is 0 Å². The molecule has 2 aliphatic rings. The first-order valence-electron chi connectivity index (χ1n) is 4.28. The Balaban J connectivity index is 1.78. The van der Waals surface area contributed by atoms with Crippen molar-refractivity contribution in [3.05, 3.63) is 0 Å². The Hall–Kier alpha value is -0.0800. The Labute approximate surface area is 62.2 Å². The lowest BCUT2D eigenvalue weighted by atomic mass is 10.0. The molecule has 0 unspecified atom stereocenters. The van der Waals surface area contributed by atoms with Gasteiger partial charge in [0.1, 0.15) is 0 Å². The lowest BCUT2D eigenvalue weighted by Gasteiger charge is -2.40. The zero-order valence-corrected chi connectivity index (χ0v) is 6.38. The lowest BCUT2D eigenvalue weighted by Crippen LogP contribution is -2.47. The third-order valence-corrected chi connectivity index (χ3v) is 2.60. The zero-order valence-electron chi connectivity index (χ0n) is 6.38. The van der Waals surface area contributed by atoms with Gasteiger partial charge in [-0.1, -0.05) is 0 Å². The van der Waals surface area contributed by atoms with Gasteiger partial charge in [0.2, 0.25) is 0 Å². The average molecular weight is 141 g/mol. The molecule has 2 heteroatoms. The van der Waals surface area contributed by atoms with Gasteiger partial charge in [0.15, 0.2) is 0 Å². The van der Waals surface area contributed by atoms with Crippen molar-refractivity contribution in [1.29, 1.82) is 0 Å². The predicted molar refractivity (Wildman–Crippen MR) is 40.0 cm³/mol. The molecule has 10 heavy (non-hydrogen) atoms. The summed E-state index contributed by atoms with van der Waals surface area (Å²) in [6.07, 6.45) is 3.94. The van der Waals surface area contributed by atoms with E-state index < -0.39 is 0 Å². The molecule has 0 aromatic rings. The van der Waals surface area contributed by atoms with Crippen molar-refractivity contribution in [2.75, 3.05) is 26.3 Å². The fourth-order valence-corrected chi connectivity index (χ4v) is 1.76. The molecule has 2 rings (SSSR count). The highest BCUT2D eigenvalue weighted by Crippen LogP contribution is 2.19. The molecule has 2 fully saturated rings. The number of hydrogen-bond donors (Lipinski definition) is 0. The maximum absolute atomic E-state index is 5.29. The van der Waals surface area contributed by atoms with Gasteiger partial charge in [-0.05, 0) is 32.4 Å². The van der Waals surface area contributed by atoms with Crippen LogP contribution < -0.4 is 0 Å². The van der Waals surface area contributed by atoms with E-state index in [9.17, 15) is 0 Å². The second-order valence-corrected chi connectivity index (χ2v) is 3.23. The van der Waals surface area contributed by atoms with Gasteiger partial charge in [-0.3, -0.25) is 0 Å². The van der Waals surface area contributed by atoms with Crippen molar-refractivity contribution in [3.63, 3.8) is 0 Å². The van der Waals surface area contributed by atoms with Crippen molar-refractivity contribution >= 4 is 0 Å². The van der Waals surface area contributed by atoms with E-state index in [1.165, 1.54) is 32.4 Å². The summed E-state index contributed by atoms with van der Waals surface area (Å²) < 4.78 is 5.29. The largest absolute Gasteiger partial charge is 0.381 e. The third-order valence-electron chi connectivity index (χ3n) is 2.60. The third kappa shape index (κ3) is 1.18. The molecule has 0 spiro atoms. The Morgan fingerprint density at radius 3 is 2.30 bits per heavy atom. The Morgan fingerprint density at radius 1 is 1.10 bits per heavy atom. The molecular formula is C8H15NO. The van der Waals surface area contributed by atoms with Crippen molar-refractivity contribution in [3.8, 4) is 0 Å². The molecule has 0 saturated carbocycles. The highest BCUT2D eigenvalue weighted by Gasteiger charge is 2.25. The monoisotopic (exact) mass is 141 g/mol. The zero-order chi connectivity index (χ0) is 6.81. The minimum atomic E-state index is 0.863. The average Bonchev–Trinajstić information content (AvgIpc) is 1.86. The van der Waals surface area contributed by atoms with Gasteiger partial charge in [0, 0.05) is 19.3 Å². The summed E-state index contributed by atoms with van der Waals surface area (Å²) in [6.45, 7) is 4.65. The van der Waals surface area contributed by atoms with E-state index in [1.54, 1.807) is 0 Å². The quantitative estimate of drug-likeness (QED) is 0.537. The summed E-state index contributed by atoms with van der Waals surface area (Å²) >= 11 is 0. The first-order chi connectivity index (χ1) is 4.97. The number of hydrogen-bond acceptors (Lipinski definition) is 2. The second kappa shape index (κ2) is 2.89. The van der Waals surface area contributed by atoms with Crippen molar-refractivity contribution in [2.24, 2.45) is 0 Å². The molecular weight excluding hydrogens is 126 g/mol. The minimum Gasteiger partial charge on any atom is -0.381 e. The van der Waals surface area contributed by atoms with Gasteiger partial charge < -0.3 is 9.64 Å². The van der Waals surface area contributed by atoms with E-state index in [-0.39, 0.29) is 0 Å². The van der Waals surface area contributed by atoms with E-state index >= 15 is 0 Å². The molecule has 2 aliphatic heterocycles. The summed E-state index contributed by atoms with van der Waals surface area (Å²) in [7, 11) is 0. The number of nitrogens with zero attached hydrogens (tertiary/aromatic N) is 1. The molecule has 0 aromatic heterocycles. The van der Waals surface area contributed by atoms with Crippen LogP contribution in [0.4, 0.5) is 0 Å². The van der Waals surface area contributed by atoms with Crippen molar-refractivity contribution in [1.82, 2.24) is 4.90 Å². The standard InChI is InChI=1S/C8H15NO/c1-4-9(5-1)8-2-6-10-7-3-8/h8H,1-7H2. The summed E-state index contributed by atoms with van der Waals surface area (Å²) in [4.78, 5) is 2.59. The van der Waals surface area contributed by atoms with Crippen LogP contribution in [0.5, 0.6) is 0 Å². The van der Waals surface area contributed by atoms with Crippen LogP contribution in [0.25, 0.3) is 0 Å². The van der Waals surface area contributed by atoms with Crippen LogP contribution in [0.1, 0.15) is 19.3 Å². The lowest BCUT2D eigenvalue weighted by molar-refractivity contribution is 0.0109. The summed E-state index contributed by atoms with van der Waals surface area (Å²) in [6, 6.07) is 0.863. The Bertz CT molecular complexity index is 106. The number of rotatable bonds is 1. The topological polar surface area (TPSA) is 12.5 Å². The van der Waals surface area contributed by atoms with E-state index in [0.29, 0.717) is 0 Å². The van der Waals surface area contributed by atoms with Crippen LogP contribution in [0, 0.1) is 0 Å². The van der Waals surface area contributed by atoms with Crippen LogP contribution in [0.2, 0.25) is 0 Å². The van der Waals surface area contributed by atoms with E-state index in [0.717, 1.165) is 19.3 Å². The van der Waals surface area contributed by atoms with Crippen molar-refractivity contribution in [2.45, 2.75) is 25.3 Å². The maximum atomic E-state index is 5.29. The molecule has 0 amide bonds. The molecule has 2 heterocycles. The van der Waals surface area contributed by atoms with Crippen LogP contribution >= 0.6 is 0 Å². The van der Waals surface area contributed by atoms with Gasteiger partial charge in [-0.2, -0.15) is 0 Å². The minimum absolute atomic E-state index is 0.863.